The largest absolute Gasteiger partial charge is 0.293 e. The molecule has 3 rings (SSSR count). The Labute approximate surface area is 159 Å². The maximum absolute atomic E-state index is 12.6. The highest BCUT2D eigenvalue weighted by molar-refractivity contribution is 9.10. The number of rotatable bonds is 5. The first-order valence-corrected chi connectivity index (χ1v) is 9.46. The Morgan fingerprint density at radius 2 is 1.76 bits per heavy atom. The predicted octanol–water partition coefficient (Wildman–Crippen LogP) is 4.41. The van der Waals surface area contributed by atoms with Crippen molar-refractivity contribution in [2.75, 3.05) is 0 Å². The fraction of sp³-hybridized carbons (Fsp3) is 0.222. The summed E-state index contributed by atoms with van der Waals surface area (Å²) in [5.41, 5.74) is 3.80. The van der Waals surface area contributed by atoms with E-state index in [4.69, 9.17) is 0 Å². The van der Waals surface area contributed by atoms with E-state index in [9.17, 15) is 4.79 Å². The normalized spacial score (nSPS) is 12.2. The zero-order valence-corrected chi connectivity index (χ0v) is 16.5. The molecule has 0 saturated carbocycles. The lowest BCUT2D eigenvalue weighted by Crippen LogP contribution is -2.15. The van der Waals surface area contributed by atoms with Gasteiger partial charge in [0.2, 0.25) is 5.16 Å². The number of aromatic nitrogens is 4. The Hall–Kier alpha value is -1.99. The highest BCUT2D eigenvalue weighted by Gasteiger charge is 2.21. The number of benzene rings is 2. The van der Waals surface area contributed by atoms with Gasteiger partial charge in [-0.1, -0.05) is 58.0 Å². The van der Waals surface area contributed by atoms with Gasteiger partial charge in [-0.25, -0.2) is 0 Å². The first-order chi connectivity index (χ1) is 12.0. The Kier molecular flexibility index (Phi) is 5.34. The second kappa shape index (κ2) is 7.49. The average molecular weight is 417 g/mol. The number of halogens is 1. The number of aryl methyl sites for hydroxylation is 2. The summed E-state index contributed by atoms with van der Waals surface area (Å²) in [5, 5.41) is 12.3. The minimum absolute atomic E-state index is 0.0496. The van der Waals surface area contributed by atoms with Crippen LogP contribution in [-0.2, 0) is 0 Å². The number of nitrogens with zero attached hydrogens (tertiary/aromatic N) is 4. The van der Waals surface area contributed by atoms with E-state index in [1.54, 1.807) is 4.68 Å². The molecule has 7 heteroatoms. The summed E-state index contributed by atoms with van der Waals surface area (Å²) < 4.78 is 2.66. The zero-order valence-electron chi connectivity index (χ0n) is 14.1. The second-order valence-electron chi connectivity index (χ2n) is 5.74. The molecule has 0 N–H and O–H groups in total. The molecule has 1 unspecified atom stereocenters. The van der Waals surface area contributed by atoms with Crippen LogP contribution in [0.3, 0.4) is 0 Å². The molecule has 128 valence electrons. The van der Waals surface area contributed by atoms with Crippen LogP contribution in [0.2, 0.25) is 0 Å². The lowest BCUT2D eigenvalue weighted by molar-refractivity contribution is 0.0994. The van der Waals surface area contributed by atoms with Crippen molar-refractivity contribution < 1.29 is 4.79 Å². The molecule has 1 atom stereocenters. The molecular weight excluding hydrogens is 400 g/mol. The molecule has 0 bridgehead atoms. The summed E-state index contributed by atoms with van der Waals surface area (Å²) in [5.74, 6) is 0.0496. The van der Waals surface area contributed by atoms with Gasteiger partial charge in [0.15, 0.2) is 5.78 Å². The summed E-state index contributed by atoms with van der Waals surface area (Å²) in [6, 6.07) is 13.4. The smallest absolute Gasteiger partial charge is 0.214 e. The molecule has 1 heterocycles. The van der Waals surface area contributed by atoms with Crippen LogP contribution in [-0.4, -0.2) is 31.2 Å². The molecule has 5 nitrogen and oxygen atoms in total. The number of thioether (sulfide) groups is 1. The molecule has 1 aromatic heterocycles. The van der Waals surface area contributed by atoms with Crippen molar-refractivity contribution in [2.45, 2.75) is 31.2 Å². The molecule has 0 spiro atoms. The first-order valence-electron chi connectivity index (χ1n) is 7.79. The zero-order chi connectivity index (χ0) is 18.0. The Morgan fingerprint density at radius 3 is 2.40 bits per heavy atom. The third-order valence-electron chi connectivity index (χ3n) is 3.87. The maximum atomic E-state index is 12.6. The molecule has 0 fully saturated rings. The molecule has 0 radical (unpaired) electrons. The van der Waals surface area contributed by atoms with Crippen molar-refractivity contribution >= 4 is 33.5 Å². The van der Waals surface area contributed by atoms with E-state index < -0.39 is 0 Å². The molecule has 3 aromatic rings. The molecule has 0 amide bonds. The molecule has 0 aliphatic carbocycles. The van der Waals surface area contributed by atoms with Crippen molar-refractivity contribution in [3.05, 3.63) is 63.6 Å². The SMILES string of the molecule is Cc1cccc(C)c1-n1nnnc1SC(C)C(=O)c1ccc(Br)cc1. The summed E-state index contributed by atoms with van der Waals surface area (Å²) in [7, 11) is 0. The van der Waals surface area contributed by atoms with Crippen LogP contribution in [0.25, 0.3) is 5.69 Å². The average Bonchev–Trinajstić information content (AvgIpc) is 3.02. The van der Waals surface area contributed by atoms with E-state index in [2.05, 4.69) is 31.5 Å². The number of Topliss-reactive ketones (excluding diaryl/α,β-unsaturated/α-hetero) is 1. The van der Waals surface area contributed by atoms with Crippen LogP contribution < -0.4 is 0 Å². The Balaban J connectivity index is 1.86. The molecule has 0 saturated heterocycles. The van der Waals surface area contributed by atoms with Crippen LogP contribution in [0.15, 0.2) is 52.1 Å². The van der Waals surface area contributed by atoms with Crippen LogP contribution in [0.5, 0.6) is 0 Å². The minimum atomic E-state index is -0.296. The molecule has 0 aliphatic heterocycles. The monoisotopic (exact) mass is 416 g/mol. The number of hydrogen-bond donors (Lipinski definition) is 0. The lowest BCUT2D eigenvalue weighted by Gasteiger charge is -2.13. The van der Waals surface area contributed by atoms with Crippen molar-refractivity contribution in [2.24, 2.45) is 0 Å². The van der Waals surface area contributed by atoms with E-state index in [0.717, 1.165) is 21.3 Å². The number of ketones is 1. The first kappa shape index (κ1) is 17.8. The number of carbonyl (C=O) groups excluding carboxylic acids is 1. The van der Waals surface area contributed by atoms with E-state index in [-0.39, 0.29) is 11.0 Å². The fourth-order valence-corrected chi connectivity index (χ4v) is 3.73. The van der Waals surface area contributed by atoms with Gasteiger partial charge in [-0.2, -0.15) is 4.68 Å². The van der Waals surface area contributed by atoms with Gasteiger partial charge in [-0.05, 0) is 54.5 Å². The molecular formula is C18H17BrN4OS. The van der Waals surface area contributed by atoms with Gasteiger partial charge in [0.25, 0.3) is 0 Å². The van der Waals surface area contributed by atoms with Gasteiger partial charge in [0, 0.05) is 10.0 Å². The fourth-order valence-electron chi connectivity index (χ4n) is 2.59. The van der Waals surface area contributed by atoms with E-state index in [0.29, 0.717) is 10.7 Å². The van der Waals surface area contributed by atoms with Gasteiger partial charge in [-0.15, -0.1) is 5.10 Å². The van der Waals surface area contributed by atoms with Gasteiger partial charge < -0.3 is 0 Å². The molecule has 2 aromatic carbocycles. The minimum Gasteiger partial charge on any atom is -0.293 e. The highest BCUT2D eigenvalue weighted by Crippen LogP contribution is 2.28. The second-order valence-corrected chi connectivity index (χ2v) is 7.97. The number of tetrazole rings is 1. The van der Waals surface area contributed by atoms with Crippen LogP contribution in [0, 0.1) is 13.8 Å². The third-order valence-corrected chi connectivity index (χ3v) is 5.43. The van der Waals surface area contributed by atoms with Crippen molar-refractivity contribution in [3.8, 4) is 5.69 Å². The predicted molar refractivity (Wildman–Crippen MR) is 102 cm³/mol. The molecule has 25 heavy (non-hydrogen) atoms. The lowest BCUT2D eigenvalue weighted by atomic mass is 10.1. The van der Waals surface area contributed by atoms with Crippen molar-refractivity contribution in [1.29, 1.82) is 0 Å². The van der Waals surface area contributed by atoms with Gasteiger partial charge in [-0.3, -0.25) is 4.79 Å². The highest BCUT2D eigenvalue weighted by atomic mass is 79.9. The van der Waals surface area contributed by atoms with Gasteiger partial charge in [0.1, 0.15) is 0 Å². The van der Waals surface area contributed by atoms with E-state index in [1.807, 2.05) is 63.2 Å². The third kappa shape index (κ3) is 3.82. The summed E-state index contributed by atoms with van der Waals surface area (Å²) in [6.45, 7) is 5.92. The van der Waals surface area contributed by atoms with Crippen LogP contribution in [0.1, 0.15) is 28.4 Å². The van der Waals surface area contributed by atoms with Crippen molar-refractivity contribution in [1.82, 2.24) is 20.2 Å². The number of para-hydroxylation sites is 1. The summed E-state index contributed by atoms with van der Waals surface area (Å²) in [4.78, 5) is 12.6. The standard InChI is InChI=1S/C18H17BrN4OS/c1-11-5-4-6-12(2)16(11)23-18(20-21-22-23)25-13(3)17(24)14-7-9-15(19)10-8-14/h4-10,13H,1-3H3. The Bertz CT molecular complexity index is 887. The number of hydrogen-bond acceptors (Lipinski definition) is 5. The topological polar surface area (TPSA) is 60.7 Å². The molecule has 0 aliphatic rings. The Morgan fingerprint density at radius 1 is 1.12 bits per heavy atom. The van der Waals surface area contributed by atoms with E-state index >= 15 is 0 Å². The van der Waals surface area contributed by atoms with Crippen LogP contribution >= 0.6 is 27.7 Å². The summed E-state index contributed by atoms with van der Waals surface area (Å²) in [6.07, 6.45) is 0. The maximum Gasteiger partial charge on any atom is 0.214 e. The van der Waals surface area contributed by atoms with Crippen LogP contribution in [0.4, 0.5) is 0 Å². The summed E-state index contributed by atoms with van der Waals surface area (Å²) >= 11 is 4.74. The number of carbonyl (C=O) groups is 1. The van der Waals surface area contributed by atoms with Gasteiger partial charge in [0.05, 0.1) is 10.9 Å². The van der Waals surface area contributed by atoms with Gasteiger partial charge >= 0.3 is 0 Å². The van der Waals surface area contributed by atoms with Crippen molar-refractivity contribution in [3.63, 3.8) is 0 Å². The van der Waals surface area contributed by atoms with E-state index in [1.165, 1.54) is 11.8 Å². The quantitative estimate of drug-likeness (QED) is 0.455.